The van der Waals surface area contributed by atoms with Gasteiger partial charge in [-0.15, -0.1) is 0 Å². The van der Waals surface area contributed by atoms with Gasteiger partial charge < -0.3 is 0 Å². The maximum atomic E-state index is 4.20. The zero-order chi connectivity index (χ0) is 6.81. The normalized spacial score (nSPS) is 14.0. The van der Waals surface area contributed by atoms with Gasteiger partial charge in [0.2, 0.25) is 0 Å². The first-order valence-electron chi connectivity index (χ1n) is 2.63. The highest BCUT2D eigenvalue weighted by Crippen LogP contribution is 2.29. The second kappa shape index (κ2) is 2.49. The molecule has 50 valence electrons. The van der Waals surface area contributed by atoms with Gasteiger partial charge in [-0.2, -0.15) is 3.15 Å². The molecule has 0 bridgehead atoms. The topological polar surface area (TPSA) is 50.5 Å². The van der Waals surface area contributed by atoms with Crippen LogP contribution in [0, 0.1) is 0 Å². The second-order valence-corrected chi connectivity index (χ2v) is 3.24. The number of halogens is 1. The first kappa shape index (κ1) is 6.02. The van der Waals surface area contributed by atoms with E-state index >= 15 is 0 Å². The first-order chi connectivity index (χ1) is 4.97. The fourth-order valence-corrected chi connectivity index (χ4v) is 1.80. The van der Waals surface area contributed by atoms with Crippen molar-refractivity contribution in [3.8, 4) is 0 Å². The van der Waals surface area contributed by atoms with E-state index in [1.54, 1.807) is 6.20 Å². The van der Waals surface area contributed by atoms with Crippen molar-refractivity contribution in [1.82, 2.24) is 9.97 Å². The Bertz CT molecular complexity index is 275. The minimum atomic E-state index is -0.231. The molecule has 0 amide bonds. The van der Waals surface area contributed by atoms with Crippen molar-refractivity contribution in [2.45, 2.75) is 0 Å². The van der Waals surface area contributed by atoms with Crippen molar-refractivity contribution < 1.29 is 0 Å². The Morgan fingerprint density at radius 2 is 2.40 bits per heavy atom. The molecule has 0 spiro atoms. The van der Waals surface area contributed by atoms with Gasteiger partial charge in [-0.25, -0.2) is 15.0 Å². The van der Waals surface area contributed by atoms with Crippen LogP contribution in [0.2, 0.25) is 0 Å². The fourth-order valence-electron chi connectivity index (χ4n) is 0.614. The van der Waals surface area contributed by atoms with Crippen LogP contribution in [-0.4, -0.2) is 14.2 Å². The fraction of sp³-hybridized carbons (Fsp3) is 0. The third kappa shape index (κ3) is 0.962. The van der Waals surface area contributed by atoms with E-state index in [1.165, 1.54) is 6.33 Å². The number of rotatable bonds is 0. The molecular weight excluding hydrogens is 243 g/mol. The highest BCUT2D eigenvalue weighted by molar-refractivity contribution is 14.2. The molecule has 0 unspecified atom stereocenters. The summed E-state index contributed by atoms with van der Waals surface area (Å²) in [6.45, 7) is 0. The third-order valence-electron chi connectivity index (χ3n) is 1.03. The molecular formula is C5H3IN4. The highest BCUT2D eigenvalue weighted by Gasteiger charge is 2.01. The standard InChI is InChI=1S/C5H3IN4/c1-4-5(9-3-7-1)10-6-2-8-4/h1-3H. The van der Waals surface area contributed by atoms with Gasteiger partial charge in [0.05, 0.1) is 10.4 Å². The summed E-state index contributed by atoms with van der Waals surface area (Å²) >= 11 is -0.231. The Morgan fingerprint density at radius 3 is 3.30 bits per heavy atom. The van der Waals surface area contributed by atoms with Crippen LogP contribution in [-0.2, 0) is 0 Å². The molecule has 1 aliphatic heterocycles. The average Bonchev–Trinajstić information content (AvgIpc) is 2.05. The van der Waals surface area contributed by atoms with Crippen LogP contribution < -0.4 is 0 Å². The summed E-state index contributed by atoms with van der Waals surface area (Å²) in [5.74, 6) is 0.741. The molecule has 0 aliphatic carbocycles. The molecule has 0 N–H and O–H groups in total. The molecule has 5 heteroatoms. The molecule has 0 aromatic carbocycles. The van der Waals surface area contributed by atoms with Gasteiger partial charge in [-0.1, -0.05) is 0 Å². The minimum absolute atomic E-state index is 0.231. The summed E-state index contributed by atoms with van der Waals surface area (Å²) in [6, 6.07) is 0. The first-order valence-corrected chi connectivity index (χ1v) is 4.84. The van der Waals surface area contributed by atoms with Crippen LogP contribution in [0.3, 0.4) is 0 Å². The largest absolute Gasteiger partial charge is 0.244 e. The van der Waals surface area contributed by atoms with Crippen molar-refractivity contribution in [2.24, 2.45) is 8.14 Å². The number of hydrogen-bond donors (Lipinski definition) is 0. The Morgan fingerprint density at radius 1 is 1.40 bits per heavy atom. The number of fused-ring (bicyclic) bond motifs is 1. The monoisotopic (exact) mass is 246 g/mol. The maximum absolute atomic E-state index is 4.20. The van der Waals surface area contributed by atoms with Gasteiger partial charge in [-0.05, 0) is 0 Å². The van der Waals surface area contributed by atoms with Gasteiger partial charge in [0.15, 0.2) is 5.82 Å². The van der Waals surface area contributed by atoms with Crippen molar-refractivity contribution in [2.75, 3.05) is 0 Å². The summed E-state index contributed by atoms with van der Waals surface area (Å²) in [6.07, 6.45) is 3.16. The SMILES string of the molecule is C1=Nc2cncnc2N=I1. The van der Waals surface area contributed by atoms with Gasteiger partial charge in [0.25, 0.3) is 0 Å². The lowest BCUT2D eigenvalue weighted by Gasteiger charge is -1.97. The molecule has 1 aliphatic rings. The molecule has 10 heavy (non-hydrogen) atoms. The van der Waals surface area contributed by atoms with E-state index in [9.17, 15) is 0 Å². The van der Waals surface area contributed by atoms with Crippen LogP contribution in [0.4, 0.5) is 11.5 Å². The summed E-state index contributed by atoms with van der Waals surface area (Å²) in [7, 11) is 0. The molecule has 2 heterocycles. The quantitative estimate of drug-likeness (QED) is 0.656. The lowest BCUT2D eigenvalue weighted by molar-refractivity contribution is 1.15. The summed E-state index contributed by atoms with van der Waals surface area (Å²) < 4.78 is 6.05. The van der Waals surface area contributed by atoms with Crippen molar-refractivity contribution in [1.29, 1.82) is 0 Å². The molecule has 2 rings (SSSR count). The molecule has 1 aromatic heterocycles. The molecule has 4 nitrogen and oxygen atoms in total. The highest BCUT2D eigenvalue weighted by atomic mass is 127. The lowest BCUT2D eigenvalue weighted by Crippen LogP contribution is -1.78. The van der Waals surface area contributed by atoms with E-state index in [-0.39, 0.29) is 21.0 Å². The average molecular weight is 246 g/mol. The van der Waals surface area contributed by atoms with Crippen LogP contribution in [0.1, 0.15) is 0 Å². The van der Waals surface area contributed by atoms with E-state index in [0.717, 1.165) is 11.5 Å². The lowest BCUT2D eigenvalue weighted by atomic mass is 10.5. The van der Waals surface area contributed by atoms with E-state index in [2.05, 4.69) is 18.1 Å². The zero-order valence-corrected chi connectivity index (χ0v) is 7.06. The smallest absolute Gasteiger partial charge is 0.186 e. The number of nitrogens with zero attached hydrogens (tertiary/aromatic N) is 4. The van der Waals surface area contributed by atoms with Gasteiger partial charge >= 0.3 is 0 Å². The maximum Gasteiger partial charge on any atom is 0.186 e. The van der Waals surface area contributed by atoms with Gasteiger partial charge in [-0.3, -0.25) is 0 Å². The Labute approximate surface area is 67.6 Å². The summed E-state index contributed by atoms with van der Waals surface area (Å²) in [4.78, 5) is 11.9. The molecule has 1 aromatic rings. The molecule has 0 atom stereocenters. The summed E-state index contributed by atoms with van der Waals surface area (Å²) in [5, 5.41) is 0. The van der Waals surface area contributed by atoms with Crippen LogP contribution in [0.25, 0.3) is 0 Å². The minimum Gasteiger partial charge on any atom is -0.244 e. The molecule has 0 saturated heterocycles. The Balaban J connectivity index is 2.65. The van der Waals surface area contributed by atoms with Gasteiger partial charge in [0.1, 0.15) is 12.0 Å². The zero-order valence-electron chi connectivity index (χ0n) is 4.90. The number of hydrogen-bond acceptors (Lipinski definition) is 4. The molecule has 0 fully saturated rings. The number of aliphatic imine (C=N–C) groups is 1. The molecule has 0 radical (unpaired) electrons. The third-order valence-corrected chi connectivity index (χ3v) is 2.30. The van der Waals surface area contributed by atoms with Crippen LogP contribution in [0.5, 0.6) is 0 Å². The van der Waals surface area contributed by atoms with Crippen molar-refractivity contribution in [3.05, 3.63) is 12.5 Å². The Kier molecular flexibility index (Phi) is 1.50. The predicted molar refractivity (Wildman–Crippen MR) is 46.3 cm³/mol. The van der Waals surface area contributed by atoms with Crippen molar-refractivity contribution in [3.63, 3.8) is 0 Å². The van der Waals surface area contributed by atoms with Crippen molar-refractivity contribution >= 4 is 36.8 Å². The number of aromatic nitrogens is 2. The second-order valence-electron chi connectivity index (χ2n) is 1.64. The van der Waals surface area contributed by atoms with E-state index in [0.29, 0.717) is 0 Å². The summed E-state index contributed by atoms with van der Waals surface area (Å²) in [5.41, 5.74) is 0.786. The van der Waals surface area contributed by atoms with Gasteiger partial charge in [0, 0.05) is 21.0 Å². The Hall–Kier alpha value is -0.720. The predicted octanol–water partition coefficient (Wildman–Crippen LogP) is 1.94. The van der Waals surface area contributed by atoms with Crippen LogP contribution in [0.15, 0.2) is 20.7 Å². The van der Waals surface area contributed by atoms with E-state index < -0.39 is 0 Å². The van der Waals surface area contributed by atoms with E-state index in [4.69, 9.17) is 0 Å². The molecule has 0 saturated carbocycles. The van der Waals surface area contributed by atoms with Crippen LogP contribution >= 0.6 is 21.0 Å². The van der Waals surface area contributed by atoms with E-state index in [1.807, 2.05) is 4.22 Å².